The zero-order valence-corrected chi connectivity index (χ0v) is 35.9. The molecule has 5 saturated carbocycles. The highest BCUT2D eigenvalue weighted by atomic mass is 16.5. The smallest absolute Gasteiger partial charge is 0.180 e. The van der Waals surface area contributed by atoms with Gasteiger partial charge in [0.25, 0.3) is 0 Å². The Bertz CT molecular complexity index is 1560. The van der Waals surface area contributed by atoms with E-state index < -0.39 is 69.8 Å². The van der Waals surface area contributed by atoms with Crippen LogP contribution in [-0.4, -0.2) is 109 Å². The van der Waals surface area contributed by atoms with Gasteiger partial charge in [0.2, 0.25) is 0 Å². The Morgan fingerprint density at radius 3 is 2.52 bits per heavy atom. The summed E-state index contributed by atoms with van der Waals surface area (Å²) in [4.78, 5) is 20.2. The number of hydrogen-bond donors (Lipinski definition) is 8. The molecular weight excluding hydrogens is 735 g/mol. The SMILES string of the molecule is CCCCCCC1COC2C1CCCCC2(O)C(C)(O)C1CCC2(O)C3C(=NCC(C)O)C(=O)C4CC(O)C(O)CC45CC(C4CCC(N)NC4)C=CC(CC12C)C35. The van der Waals surface area contributed by atoms with Crippen LogP contribution in [0.3, 0.4) is 0 Å². The third-order valence-corrected chi connectivity index (χ3v) is 18.4. The molecule has 0 amide bonds. The molecule has 11 nitrogen and oxygen atoms in total. The van der Waals surface area contributed by atoms with Gasteiger partial charge in [-0.05, 0) is 138 Å². The number of rotatable bonds is 10. The minimum atomic E-state index is -1.62. The van der Waals surface area contributed by atoms with Crippen LogP contribution in [0.15, 0.2) is 17.1 Å². The molecule has 0 aromatic rings. The number of ether oxygens (including phenoxy) is 1. The molecule has 19 unspecified atom stereocenters. The van der Waals surface area contributed by atoms with E-state index in [1.54, 1.807) is 6.92 Å². The molecule has 1 spiro atoms. The second-order valence-corrected chi connectivity index (χ2v) is 21.6. The van der Waals surface area contributed by atoms with Crippen molar-refractivity contribution in [1.82, 2.24) is 5.32 Å². The van der Waals surface area contributed by atoms with Gasteiger partial charge in [-0.1, -0.05) is 64.5 Å². The Labute approximate surface area is 347 Å². The number of aliphatic hydroxyl groups is 6. The van der Waals surface area contributed by atoms with E-state index in [2.05, 4.69) is 31.3 Å². The van der Waals surface area contributed by atoms with Gasteiger partial charge < -0.3 is 46.4 Å². The number of aliphatic hydroxyl groups excluding tert-OH is 3. The maximum atomic E-state index is 15.3. The second-order valence-electron chi connectivity index (χ2n) is 21.6. The van der Waals surface area contributed by atoms with Gasteiger partial charge in [0.15, 0.2) is 5.78 Å². The molecule has 9 N–H and O–H groups in total. The maximum absolute atomic E-state index is 15.3. The van der Waals surface area contributed by atoms with E-state index in [9.17, 15) is 30.6 Å². The normalized spacial score (nSPS) is 51.2. The lowest BCUT2D eigenvalue weighted by Gasteiger charge is -2.67. The van der Waals surface area contributed by atoms with Crippen LogP contribution in [0, 0.1) is 64.1 Å². The van der Waals surface area contributed by atoms with Crippen LogP contribution in [0.1, 0.15) is 137 Å². The standard InChI is InChI=1S/C47H77N3O8/c1-5-6-7-8-11-31-26-58-42-32(31)12-9-10-18-47(42,57)44(4,55)36-17-19-46(56)39-38-29(21-43(36,46)3)14-13-28(30-15-16-37(48)49-25-30)22-45(38)23-35(53)34(52)20-33(45)41(54)40(39)50-24-27(2)51/h13-14,27-39,42,49,51-53,55-57H,5-12,15-26,48H2,1-4H3. The molecule has 0 aromatic heterocycles. The fourth-order valence-electron chi connectivity index (χ4n) is 15.5. The van der Waals surface area contributed by atoms with Gasteiger partial charge in [0.1, 0.15) is 5.60 Å². The molecule has 0 aromatic carbocycles. The number of carbonyl (C=O) groups is 1. The highest BCUT2D eigenvalue weighted by Crippen LogP contribution is 2.73. The van der Waals surface area contributed by atoms with Crippen LogP contribution < -0.4 is 11.1 Å². The number of fused-ring (bicyclic) bond motifs is 3. The number of carbonyl (C=O) groups excluding carboxylic acids is 1. The van der Waals surface area contributed by atoms with Crippen LogP contribution in [0.4, 0.5) is 0 Å². The van der Waals surface area contributed by atoms with Crippen molar-refractivity contribution in [3.05, 3.63) is 12.2 Å². The molecule has 2 heterocycles. The molecule has 8 aliphatic rings. The molecule has 58 heavy (non-hydrogen) atoms. The maximum Gasteiger partial charge on any atom is 0.180 e. The van der Waals surface area contributed by atoms with Crippen LogP contribution in [0.25, 0.3) is 0 Å². The minimum Gasteiger partial charge on any atom is -0.391 e. The first-order chi connectivity index (χ1) is 27.5. The first kappa shape index (κ1) is 43.4. The number of nitrogens with zero attached hydrogens (tertiary/aromatic N) is 1. The molecule has 11 heteroatoms. The van der Waals surface area contributed by atoms with Crippen molar-refractivity contribution >= 4 is 11.5 Å². The van der Waals surface area contributed by atoms with Crippen molar-refractivity contribution in [3.63, 3.8) is 0 Å². The van der Waals surface area contributed by atoms with Crippen LogP contribution >= 0.6 is 0 Å². The molecule has 2 saturated heterocycles. The van der Waals surface area contributed by atoms with Gasteiger partial charge >= 0.3 is 0 Å². The van der Waals surface area contributed by atoms with E-state index in [-0.39, 0.29) is 60.9 Å². The van der Waals surface area contributed by atoms with E-state index >= 15 is 4.79 Å². The van der Waals surface area contributed by atoms with E-state index in [1.807, 2.05) is 6.92 Å². The fourth-order valence-corrected chi connectivity index (χ4v) is 15.5. The molecule has 328 valence electrons. The summed E-state index contributed by atoms with van der Waals surface area (Å²) in [7, 11) is 0. The number of unbranched alkanes of at least 4 members (excludes halogenated alkanes) is 3. The molecule has 8 rings (SSSR count). The third kappa shape index (κ3) is 6.77. The fraction of sp³-hybridized carbons (Fsp3) is 0.915. The van der Waals surface area contributed by atoms with Gasteiger partial charge in [-0.3, -0.25) is 9.79 Å². The Morgan fingerprint density at radius 1 is 1.02 bits per heavy atom. The summed E-state index contributed by atoms with van der Waals surface area (Å²) in [5, 5.41) is 77.0. The highest BCUT2D eigenvalue weighted by Gasteiger charge is 2.77. The van der Waals surface area contributed by atoms with Crippen molar-refractivity contribution in [2.75, 3.05) is 19.7 Å². The zero-order chi connectivity index (χ0) is 41.4. The average Bonchev–Trinajstić information content (AvgIpc) is 3.59. The first-order valence-electron chi connectivity index (χ1n) is 23.6. The lowest BCUT2D eigenvalue weighted by Crippen LogP contribution is -2.73. The number of Topliss-reactive ketones (excluding diaryl/α,β-unsaturated/α-hetero) is 1. The molecule has 19 atom stereocenters. The van der Waals surface area contributed by atoms with Crippen molar-refractivity contribution in [3.8, 4) is 0 Å². The van der Waals surface area contributed by atoms with Crippen LogP contribution in [0.2, 0.25) is 0 Å². The Balaban J connectivity index is 1.21. The summed E-state index contributed by atoms with van der Waals surface area (Å²) in [5.41, 5.74) is 0.316. The summed E-state index contributed by atoms with van der Waals surface area (Å²) >= 11 is 0. The highest BCUT2D eigenvalue weighted by molar-refractivity contribution is 6.42. The largest absolute Gasteiger partial charge is 0.391 e. The molecule has 2 aliphatic heterocycles. The summed E-state index contributed by atoms with van der Waals surface area (Å²) in [6, 6.07) is 0. The van der Waals surface area contributed by atoms with Crippen molar-refractivity contribution in [2.45, 2.75) is 184 Å². The second kappa shape index (κ2) is 16.1. The van der Waals surface area contributed by atoms with Crippen molar-refractivity contribution in [1.29, 1.82) is 0 Å². The van der Waals surface area contributed by atoms with Gasteiger partial charge in [0, 0.05) is 17.3 Å². The van der Waals surface area contributed by atoms with Gasteiger partial charge in [-0.25, -0.2) is 0 Å². The number of piperidine rings is 1. The van der Waals surface area contributed by atoms with Crippen LogP contribution in [0.5, 0.6) is 0 Å². The summed E-state index contributed by atoms with van der Waals surface area (Å²) in [6.07, 6.45) is 14.4. The lowest BCUT2D eigenvalue weighted by atomic mass is 9.38. The number of nitrogens with two attached hydrogens (primary N) is 1. The predicted octanol–water partition coefficient (Wildman–Crippen LogP) is 4.43. The van der Waals surface area contributed by atoms with E-state index in [0.29, 0.717) is 50.3 Å². The molecule has 6 aliphatic carbocycles. The predicted molar refractivity (Wildman–Crippen MR) is 222 cm³/mol. The number of hydrogen-bond acceptors (Lipinski definition) is 11. The van der Waals surface area contributed by atoms with E-state index in [4.69, 9.17) is 15.5 Å². The number of allylic oxidation sites excluding steroid dienone is 2. The number of aliphatic imine (C=N–C) groups is 1. The zero-order valence-electron chi connectivity index (χ0n) is 35.9. The first-order valence-corrected chi connectivity index (χ1v) is 23.6. The topological polar surface area (TPSA) is 198 Å². The summed E-state index contributed by atoms with van der Waals surface area (Å²) in [5.74, 6) is -1.50. The lowest BCUT2D eigenvalue weighted by molar-refractivity contribution is -0.262. The number of nitrogens with one attached hydrogen (secondary N) is 1. The van der Waals surface area contributed by atoms with E-state index in [0.717, 1.165) is 51.5 Å². The Hall–Kier alpha value is -1.28. The molecule has 0 radical (unpaired) electrons. The van der Waals surface area contributed by atoms with Crippen LogP contribution in [-0.2, 0) is 9.53 Å². The quantitative estimate of drug-likeness (QED) is 0.116. The monoisotopic (exact) mass is 812 g/mol. The van der Waals surface area contributed by atoms with Crippen molar-refractivity contribution in [2.24, 2.45) is 74.8 Å². The van der Waals surface area contributed by atoms with Gasteiger partial charge in [0.05, 0.1) is 60.6 Å². The van der Waals surface area contributed by atoms with Crippen molar-refractivity contribution < 1.29 is 40.2 Å². The third-order valence-electron chi connectivity index (χ3n) is 18.4. The summed E-state index contributed by atoms with van der Waals surface area (Å²) < 4.78 is 6.64. The average molecular weight is 812 g/mol. The Morgan fingerprint density at radius 2 is 1.79 bits per heavy atom. The molecule has 0 bridgehead atoms. The van der Waals surface area contributed by atoms with Gasteiger partial charge in [-0.15, -0.1) is 0 Å². The minimum absolute atomic E-state index is 0.0139. The summed E-state index contributed by atoms with van der Waals surface area (Å²) in [6.45, 7) is 9.15. The number of ketones is 1. The molecule has 7 fully saturated rings. The van der Waals surface area contributed by atoms with E-state index in [1.165, 1.54) is 19.3 Å². The van der Waals surface area contributed by atoms with Gasteiger partial charge in [-0.2, -0.15) is 0 Å². The Kier molecular flexibility index (Phi) is 12.1. The molecular formula is C47H77N3O8.